The van der Waals surface area contributed by atoms with E-state index in [4.69, 9.17) is 14.6 Å². The molecule has 0 spiro atoms. The number of ether oxygens (including phenoxy) is 2. The van der Waals surface area contributed by atoms with Crippen LogP contribution in [0.4, 0.5) is 4.79 Å². The molecule has 1 N–H and O–H groups in total. The summed E-state index contributed by atoms with van der Waals surface area (Å²) in [4.78, 5) is 12.4. The van der Waals surface area contributed by atoms with E-state index >= 15 is 0 Å². The van der Waals surface area contributed by atoms with Crippen molar-refractivity contribution in [3.63, 3.8) is 0 Å². The molecule has 0 aliphatic carbocycles. The first-order valence-electron chi connectivity index (χ1n) is 6.01. The van der Waals surface area contributed by atoms with Gasteiger partial charge in [-0.05, 0) is 5.56 Å². The second kappa shape index (κ2) is 4.26. The minimum Gasteiger partial charge on any atom is -0.465 e. The quantitative estimate of drug-likeness (QED) is 0.822. The van der Waals surface area contributed by atoms with E-state index in [0.29, 0.717) is 19.5 Å². The summed E-state index contributed by atoms with van der Waals surface area (Å²) in [5.74, 6) is 0. The van der Waals surface area contributed by atoms with Crippen LogP contribution in [0.2, 0.25) is 0 Å². The molecule has 0 radical (unpaired) electrons. The van der Waals surface area contributed by atoms with Gasteiger partial charge in [0.25, 0.3) is 0 Å². The van der Waals surface area contributed by atoms with Crippen LogP contribution in [0.25, 0.3) is 0 Å². The van der Waals surface area contributed by atoms with Crippen LogP contribution < -0.4 is 0 Å². The van der Waals surface area contributed by atoms with E-state index in [0.717, 1.165) is 5.56 Å². The molecule has 5 heteroatoms. The SMILES string of the molecule is O=C(O)N1CCC2(c3ccccc3)OCO[C@@H]2C1. The number of carboxylic acid groups (broad SMARTS) is 1. The summed E-state index contributed by atoms with van der Waals surface area (Å²) in [5, 5.41) is 9.04. The van der Waals surface area contributed by atoms with Crippen molar-refractivity contribution in [3.05, 3.63) is 35.9 Å². The Bertz CT molecular complexity index is 450. The summed E-state index contributed by atoms with van der Waals surface area (Å²) in [5.41, 5.74) is 0.588. The zero-order chi connectivity index (χ0) is 12.6. The highest BCUT2D eigenvalue weighted by Gasteiger charge is 2.51. The molecule has 1 unspecified atom stereocenters. The number of benzene rings is 1. The fourth-order valence-corrected chi connectivity index (χ4v) is 2.78. The van der Waals surface area contributed by atoms with E-state index in [1.807, 2.05) is 30.3 Å². The average Bonchev–Trinajstić information content (AvgIpc) is 2.83. The molecule has 2 heterocycles. The van der Waals surface area contributed by atoms with Crippen LogP contribution in [0.1, 0.15) is 12.0 Å². The van der Waals surface area contributed by atoms with E-state index in [9.17, 15) is 4.79 Å². The normalized spacial score (nSPS) is 31.1. The summed E-state index contributed by atoms with van der Waals surface area (Å²) >= 11 is 0. The van der Waals surface area contributed by atoms with Gasteiger partial charge in [-0.2, -0.15) is 0 Å². The van der Waals surface area contributed by atoms with Crippen molar-refractivity contribution in [1.82, 2.24) is 4.90 Å². The number of fused-ring (bicyclic) bond motifs is 1. The van der Waals surface area contributed by atoms with Crippen molar-refractivity contribution in [2.45, 2.75) is 18.1 Å². The van der Waals surface area contributed by atoms with Gasteiger partial charge < -0.3 is 19.5 Å². The predicted molar refractivity (Wildman–Crippen MR) is 63.2 cm³/mol. The summed E-state index contributed by atoms with van der Waals surface area (Å²) in [6.45, 7) is 1.07. The third kappa shape index (κ3) is 1.67. The molecule has 1 aromatic carbocycles. The van der Waals surface area contributed by atoms with Crippen molar-refractivity contribution in [1.29, 1.82) is 0 Å². The minimum atomic E-state index is -0.896. The van der Waals surface area contributed by atoms with Gasteiger partial charge in [0, 0.05) is 13.0 Å². The largest absolute Gasteiger partial charge is 0.465 e. The van der Waals surface area contributed by atoms with Gasteiger partial charge in [0.1, 0.15) is 18.5 Å². The van der Waals surface area contributed by atoms with Crippen LogP contribution in [0, 0.1) is 0 Å². The van der Waals surface area contributed by atoms with E-state index < -0.39 is 11.7 Å². The van der Waals surface area contributed by atoms with Gasteiger partial charge in [0.15, 0.2) is 0 Å². The summed E-state index contributed by atoms with van der Waals surface area (Å²) in [6, 6.07) is 9.91. The topological polar surface area (TPSA) is 59.0 Å². The number of hydrogen-bond donors (Lipinski definition) is 1. The van der Waals surface area contributed by atoms with E-state index in [1.165, 1.54) is 4.90 Å². The van der Waals surface area contributed by atoms with E-state index in [1.54, 1.807) is 0 Å². The first-order chi connectivity index (χ1) is 8.72. The Kier molecular flexibility index (Phi) is 2.72. The Morgan fingerprint density at radius 1 is 1.39 bits per heavy atom. The van der Waals surface area contributed by atoms with Crippen molar-refractivity contribution in [3.8, 4) is 0 Å². The van der Waals surface area contributed by atoms with Crippen molar-refractivity contribution >= 4 is 6.09 Å². The highest BCUT2D eigenvalue weighted by atomic mass is 16.7. The fourth-order valence-electron chi connectivity index (χ4n) is 2.78. The van der Waals surface area contributed by atoms with E-state index in [-0.39, 0.29) is 12.9 Å². The molecule has 2 aliphatic rings. The lowest BCUT2D eigenvalue weighted by Crippen LogP contribution is -2.53. The molecule has 0 bridgehead atoms. The lowest BCUT2D eigenvalue weighted by atomic mass is 9.82. The molecule has 0 aromatic heterocycles. The van der Waals surface area contributed by atoms with Gasteiger partial charge in [-0.3, -0.25) is 0 Å². The number of rotatable bonds is 1. The van der Waals surface area contributed by atoms with Crippen molar-refractivity contribution in [2.75, 3.05) is 19.9 Å². The number of nitrogens with zero attached hydrogens (tertiary/aromatic N) is 1. The number of hydrogen-bond acceptors (Lipinski definition) is 3. The second-order valence-corrected chi connectivity index (χ2v) is 4.65. The highest BCUT2D eigenvalue weighted by Crippen LogP contribution is 2.42. The molecular formula is C13H15NO4. The molecule has 0 saturated carbocycles. The van der Waals surface area contributed by atoms with Crippen LogP contribution >= 0.6 is 0 Å². The second-order valence-electron chi connectivity index (χ2n) is 4.65. The third-order valence-electron chi connectivity index (χ3n) is 3.78. The Labute approximate surface area is 105 Å². The van der Waals surface area contributed by atoms with Crippen LogP contribution in [0.5, 0.6) is 0 Å². The molecule has 3 rings (SSSR count). The van der Waals surface area contributed by atoms with Crippen LogP contribution in [0.15, 0.2) is 30.3 Å². The lowest BCUT2D eigenvalue weighted by molar-refractivity contribution is -0.0446. The van der Waals surface area contributed by atoms with Gasteiger partial charge in [-0.25, -0.2) is 4.79 Å². The zero-order valence-corrected chi connectivity index (χ0v) is 9.91. The number of likely N-dealkylation sites (tertiary alicyclic amines) is 1. The fraction of sp³-hybridized carbons (Fsp3) is 0.462. The Morgan fingerprint density at radius 3 is 2.89 bits per heavy atom. The molecule has 2 atom stereocenters. The maximum Gasteiger partial charge on any atom is 0.407 e. The van der Waals surface area contributed by atoms with Crippen LogP contribution in [-0.2, 0) is 15.1 Å². The zero-order valence-electron chi connectivity index (χ0n) is 9.91. The van der Waals surface area contributed by atoms with Crippen LogP contribution in [-0.4, -0.2) is 42.1 Å². The Morgan fingerprint density at radius 2 is 2.17 bits per heavy atom. The van der Waals surface area contributed by atoms with Gasteiger partial charge in [0.05, 0.1) is 6.54 Å². The third-order valence-corrected chi connectivity index (χ3v) is 3.78. The summed E-state index contributed by atoms with van der Waals surface area (Å²) in [6.07, 6.45) is -0.481. The molecule has 18 heavy (non-hydrogen) atoms. The minimum absolute atomic E-state index is 0.218. The van der Waals surface area contributed by atoms with Crippen molar-refractivity contribution in [2.24, 2.45) is 0 Å². The number of amides is 1. The van der Waals surface area contributed by atoms with Crippen LogP contribution in [0.3, 0.4) is 0 Å². The van der Waals surface area contributed by atoms with Crippen molar-refractivity contribution < 1.29 is 19.4 Å². The number of carbonyl (C=O) groups is 1. The maximum atomic E-state index is 11.0. The Hall–Kier alpha value is -1.59. The first-order valence-corrected chi connectivity index (χ1v) is 6.01. The van der Waals surface area contributed by atoms with Gasteiger partial charge in [-0.1, -0.05) is 30.3 Å². The standard InChI is InChI=1S/C13H15NO4/c15-12(16)14-7-6-13(10-4-2-1-3-5-10)11(8-14)17-9-18-13/h1-5,11H,6-9H2,(H,15,16)/t11-,13?/m1/s1. The van der Waals surface area contributed by atoms with Gasteiger partial charge in [-0.15, -0.1) is 0 Å². The summed E-state index contributed by atoms with van der Waals surface area (Å²) < 4.78 is 11.4. The van der Waals surface area contributed by atoms with Gasteiger partial charge >= 0.3 is 6.09 Å². The molecule has 2 aliphatic heterocycles. The molecule has 2 fully saturated rings. The molecular weight excluding hydrogens is 234 g/mol. The maximum absolute atomic E-state index is 11.0. The van der Waals surface area contributed by atoms with Gasteiger partial charge in [0.2, 0.25) is 0 Å². The smallest absolute Gasteiger partial charge is 0.407 e. The molecule has 1 aromatic rings. The number of piperidine rings is 1. The summed E-state index contributed by atoms with van der Waals surface area (Å²) in [7, 11) is 0. The molecule has 1 amide bonds. The Balaban J connectivity index is 1.90. The lowest BCUT2D eigenvalue weighted by Gasteiger charge is -2.40. The molecule has 5 nitrogen and oxygen atoms in total. The molecule has 2 saturated heterocycles. The monoisotopic (exact) mass is 249 g/mol. The average molecular weight is 249 g/mol. The van der Waals surface area contributed by atoms with E-state index in [2.05, 4.69) is 0 Å². The first kappa shape index (κ1) is 11.5. The highest BCUT2D eigenvalue weighted by molar-refractivity contribution is 5.65. The molecule has 96 valence electrons. The predicted octanol–water partition coefficient (Wildman–Crippen LogP) is 1.64.